The number of rotatable bonds is 3. The predicted molar refractivity (Wildman–Crippen MR) is 71.7 cm³/mol. The van der Waals surface area contributed by atoms with Gasteiger partial charge in [0, 0.05) is 5.92 Å². The number of fused-ring (bicyclic) bond motifs is 1. The Bertz CT molecular complexity index is 558. The van der Waals surface area contributed by atoms with Crippen molar-refractivity contribution < 1.29 is 18.7 Å². The van der Waals surface area contributed by atoms with E-state index in [1.165, 1.54) is 0 Å². The highest BCUT2D eigenvalue weighted by molar-refractivity contribution is 9.09. The number of ether oxygens (including phenoxy) is 1. The molecule has 3 aliphatic rings. The van der Waals surface area contributed by atoms with Gasteiger partial charge in [-0.15, -0.1) is 0 Å². The van der Waals surface area contributed by atoms with Gasteiger partial charge in [0.1, 0.15) is 11.9 Å². The van der Waals surface area contributed by atoms with Gasteiger partial charge in [0.05, 0.1) is 29.5 Å². The summed E-state index contributed by atoms with van der Waals surface area (Å²) < 4.78 is 10.6. The van der Waals surface area contributed by atoms with Crippen molar-refractivity contribution in [3.63, 3.8) is 0 Å². The van der Waals surface area contributed by atoms with E-state index in [0.717, 1.165) is 6.42 Å². The van der Waals surface area contributed by atoms with Gasteiger partial charge < -0.3 is 14.5 Å². The molecular weight excluding hydrogens is 326 g/mol. The maximum atomic E-state index is 12.4. The number of carbonyl (C=O) groups is 2. The summed E-state index contributed by atoms with van der Waals surface area (Å²) in [5.41, 5.74) is 0. The third-order valence-corrected chi connectivity index (χ3v) is 6.04. The molecule has 4 rings (SSSR count). The van der Waals surface area contributed by atoms with Crippen LogP contribution in [-0.2, 0) is 20.9 Å². The van der Waals surface area contributed by atoms with E-state index in [4.69, 9.17) is 9.15 Å². The number of hydrogen-bond acceptors (Lipinski definition) is 4. The van der Waals surface area contributed by atoms with Crippen molar-refractivity contribution in [2.24, 2.45) is 23.7 Å². The van der Waals surface area contributed by atoms with Crippen LogP contribution < -0.4 is 5.32 Å². The van der Waals surface area contributed by atoms with Gasteiger partial charge in [-0.25, -0.2) is 0 Å². The minimum atomic E-state index is -0.273. The molecule has 6 atom stereocenters. The lowest BCUT2D eigenvalue weighted by atomic mass is 9.79. The normalized spacial score (nSPS) is 41.0. The molecule has 1 aromatic rings. The number of hydrogen-bond donors (Lipinski definition) is 1. The van der Waals surface area contributed by atoms with Crippen molar-refractivity contribution in [1.29, 1.82) is 0 Å². The molecule has 1 amide bonds. The minimum absolute atomic E-state index is 0.0355. The number of alkyl halides is 1. The Labute approximate surface area is 124 Å². The van der Waals surface area contributed by atoms with Crippen molar-refractivity contribution >= 4 is 27.8 Å². The summed E-state index contributed by atoms with van der Waals surface area (Å²) in [7, 11) is 0. The Hall–Kier alpha value is -1.30. The fraction of sp³-hybridized carbons (Fsp3) is 0.571. The van der Waals surface area contributed by atoms with E-state index < -0.39 is 0 Å². The molecule has 0 radical (unpaired) electrons. The van der Waals surface area contributed by atoms with E-state index in [1.54, 1.807) is 12.3 Å². The van der Waals surface area contributed by atoms with E-state index in [2.05, 4.69) is 21.2 Å². The minimum Gasteiger partial charge on any atom is -0.467 e. The molecule has 1 aliphatic heterocycles. The molecule has 0 unspecified atom stereocenters. The maximum absolute atomic E-state index is 12.4. The van der Waals surface area contributed by atoms with Crippen LogP contribution in [0.4, 0.5) is 0 Å². The summed E-state index contributed by atoms with van der Waals surface area (Å²) >= 11 is 3.60. The first-order valence-corrected chi connectivity index (χ1v) is 7.73. The lowest BCUT2D eigenvalue weighted by molar-refractivity contribution is -0.145. The molecule has 20 heavy (non-hydrogen) atoms. The summed E-state index contributed by atoms with van der Waals surface area (Å²) in [4.78, 5) is 24.5. The van der Waals surface area contributed by atoms with Crippen LogP contribution in [0.5, 0.6) is 0 Å². The topological polar surface area (TPSA) is 68.5 Å². The van der Waals surface area contributed by atoms with E-state index in [-0.39, 0.29) is 46.5 Å². The van der Waals surface area contributed by atoms with E-state index in [9.17, 15) is 9.59 Å². The van der Waals surface area contributed by atoms with Gasteiger partial charge >= 0.3 is 5.97 Å². The van der Waals surface area contributed by atoms with Crippen LogP contribution in [0.3, 0.4) is 0 Å². The average Bonchev–Trinajstić information content (AvgIpc) is 3.14. The van der Waals surface area contributed by atoms with Gasteiger partial charge in [0.2, 0.25) is 5.91 Å². The van der Waals surface area contributed by atoms with Crippen LogP contribution in [0, 0.1) is 23.7 Å². The molecule has 0 aromatic carbocycles. The van der Waals surface area contributed by atoms with Crippen LogP contribution in [0.1, 0.15) is 12.2 Å². The smallest absolute Gasteiger partial charge is 0.310 e. The van der Waals surface area contributed by atoms with Crippen molar-refractivity contribution in [3.05, 3.63) is 24.2 Å². The van der Waals surface area contributed by atoms with Crippen LogP contribution >= 0.6 is 15.9 Å². The summed E-state index contributed by atoms with van der Waals surface area (Å²) in [6, 6.07) is 3.60. The number of amides is 1. The molecule has 2 saturated carbocycles. The summed E-state index contributed by atoms with van der Waals surface area (Å²) in [5.74, 6) is 0.308. The first kappa shape index (κ1) is 12.4. The summed E-state index contributed by atoms with van der Waals surface area (Å²) in [5, 5.41) is 2.87. The van der Waals surface area contributed by atoms with Crippen LogP contribution in [0.15, 0.2) is 22.8 Å². The zero-order valence-corrected chi connectivity index (χ0v) is 12.2. The first-order chi connectivity index (χ1) is 9.66. The molecule has 1 N–H and O–H groups in total. The molecule has 0 spiro atoms. The van der Waals surface area contributed by atoms with Crippen molar-refractivity contribution in [3.8, 4) is 0 Å². The molecule has 5 nitrogen and oxygen atoms in total. The zero-order valence-electron chi connectivity index (χ0n) is 10.6. The summed E-state index contributed by atoms with van der Waals surface area (Å²) in [6.45, 7) is 0.359. The predicted octanol–water partition coefficient (Wildman–Crippen LogP) is 1.47. The molecule has 6 heteroatoms. The number of halogens is 1. The van der Waals surface area contributed by atoms with Gasteiger partial charge in [-0.1, -0.05) is 15.9 Å². The van der Waals surface area contributed by atoms with Crippen LogP contribution in [0.2, 0.25) is 0 Å². The van der Waals surface area contributed by atoms with Gasteiger partial charge in [-0.2, -0.15) is 0 Å². The van der Waals surface area contributed by atoms with Crippen LogP contribution in [-0.4, -0.2) is 22.8 Å². The fourth-order valence-corrected chi connectivity index (χ4v) is 5.08. The third-order valence-electron chi connectivity index (χ3n) is 4.84. The van der Waals surface area contributed by atoms with E-state index >= 15 is 0 Å². The zero-order chi connectivity index (χ0) is 13.9. The Morgan fingerprint density at radius 2 is 2.30 bits per heavy atom. The lowest BCUT2D eigenvalue weighted by Crippen LogP contribution is -2.43. The maximum Gasteiger partial charge on any atom is 0.310 e. The molecule has 2 heterocycles. The number of furan rings is 1. The van der Waals surface area contributed by atoms with Gasteiger partial charge in [0.15, 0.2) is 0 Å². The van der Waals surface area contributed by atoms with Crippen molar-refractivity contribution in [2.45, 2.75) is 23.9 Å². The Morgan fingerprint density at radius 3 is 3.05 bits per heavy atom. The van der Waals surface area contributed by atoms with Crippen molar-refractivity contribution in [1.82, 2.24) is 5.32 Å². The molecule has 3 fully saturated rings. The lowest BCUT2D eigenvalue weighted by Gasteiger charge is -2.27. The molecule has 2 bridgehead atoms. The molecule has 106 valence electrons. The largest absolute Gasteiger partial charge is 0.467 e. The number of esters is 1. The monoisotopic (exact) mass is 339 g/mol. The Balaban J connectivity index is 1.51. The van der Waals surface area contributed by atoms with Gasteiger partial charge in [-0.3, -0.25) is 9.59 Å². The second kappa shape index (κ2) is 4.35. The second-order valence-corrected chi connectivity index (χ2v) is 6.82. The molecule has 1 aromatic heterocycles. The number of carbonyl (C=O) groups excluding carboxylic acids is 2. The quantitative estimate of drug-likeness (QED) is 0.668. The van der Waals surface area contributed by atoms with Gasteiger partial charge in [-0.05, 0) is 24.5 Å². The SMILES string of the molecule is O=C(NCc1ccco1)[C@@H]1[C@@H]2C[C@H]3[C@H](OC(=O)[C@@H]31)[C@@H]2Br. The van der Waals surface area contributed by atoms with Crippen molar-refractivity contribution in [2.75, 3.05) is 0 Å². The third kappa shape index (κ3) is 1.60. The molecule has 1 saturated heterocycles. The highest BCUT2D eigenvalue weighted by Gasteiger charge is 2.67. The Kier molecular flexibility index (Phi) is 2.70. The highest BCUT2D eigenvalue weighted by atomic mass is 79.9. The molecular formula is C14H14BrNO4. The van der Waals surface area contributed by atoms with E-state index in [1.807, 2.05) is 6.07 Å². The average molecular weight is 340 g/mol. The summed E-state index contributed by atoms with van der Waals surface area (Å²) in [6.07, 6.45) is 2.44. The van der Waals surface area contributed by atoms with E-state index in [0.29, 0.717) is 12.3 Å². The fourth-order valence-electron chi connectivity index (χ4n) is 4.04. The second-order valence-electron chi connectivity index (χ2n) is 5.76. The highest BCUT2D eigenvalue weighted by Crippen LogP contribution is 2.59. The first-order valence-electron chi connectivity index (χ1n) is 6.81. The number of nitrogens with one attached hydrogen (secondary N) is 1. The Morgan fingerprint density at radius 1 is 1.45 bits per heavy atom. The molecule has 2 aliphatic carbocycles. The van der Waals surface area contributed by atoms with Gasteiger partial charge in [0.25, 0.3) is 0 Å². The van der Waals surface area contributed by atoms with Crippen LogP contribution in [0.25, 0.3) is 0 Å². The standard InChI is InChI=1S/C14H14BrNO4/c15-11-7-4-8-10(14(18)20-12(8)11)9(7)13(17)16-5-6-2-1-3-19-6/h1-3,7-12H,4-5H2,(H,16,17)/t7-,8+,9+,10-,11+,12-/m0/s1.